The van der Waals surface area contributed by atoms with E-state index in [1.165, 1.54) is 25.7 Å². The van der Waals surface area contributed by atoms with Gasteiger partial charge in [-0.2, -0.15) is 0 Å². The topological polar surface area (TPSA) is 21.3 Å². The van der Waals surface area contributed by atoms with Gasteiger partial charge >= 0.3 is 0 Å². The van der Waals surface area contributed by atoms with E-state index in [2.05, 4.69) is 19.2 Å². The number of unbranched alkanes of at least 4 members (excludes halogenated alkanes) is 2. The zero-order valence-electron chi connectivity index (χ0n) is 9.01. The van der Waals surface area contributed by atoms with Crippen LogP contribution in [0, 0.1) is 5.92 Å². The Morgan fingerprint density at radius 1 is 1.38 bits per heavy atom. The van der Waals surface area contributed by atoms with E-state index >= 15 is 0 Å². The molecule has 1 heterocycles. The molecule has 0 aliphatic carbocycles. The zero-order valence-corrected chi connectivity index (χ0v) is 9.01. The summed E-state index contributed by atoms with van der Waals surface area (Å²) in [4.78, 5) is 0. The molecule has 0 aromatic rings. The van der Waals surface area contributed by atoms with Crippen LogP contribution in [0.4, 0.5) is 0 Å². The molecule has 1 fully saturated rings. The molecule has 0 bridgehead atoms. The van der Waals surface area contributed by atoms with Crippen molar-refractivity contribution < 1.29 is 4.74 Å². The third-order valence-corrected chi connectivity index (χ3v) is 2.84. The van der Waals surface area contributed by atoms with E-state index in [0.29, 0.717) is 6.10 Å². The summed E-state index contributed by atoms with van der Waals surface area (Å²) >= 11 is 0. The fraction of sp³-hybridized carbons (Fsp3) is 1.00. The Balaban J connectivity index is 2.05. The lowest BCUT2D eigenvalue weighted by molar-refractivity contribution is 0.00249. The van der Waals surface area contributed by atoms with Crippen LogP contribution in [-0.2, 0) is 4.74 Å². The van der Waals surface area contributed by atoms with E-state index in [-0.39, 0.29) is 0 Å². The van der Waals surface area contributed by atoms with Gasteiger partial charge in [0.25, 0.3) is 0 Å². The molecule has 2 nitrogen and oxygen atoms in total. The maximum atomic E-state index is 5.83. The van der Waals surface area contributed by atoms with E-state index in [0.717, 1.165) is 25.6 Å². The molecule has 2 unspecified atom stereocenters. The van der Waals surface area contributed by atoms with Gasteiger partial charge in [0.15, 0.2) is 0 Å². The molecule has 1 aliphatic rings. The van der Waals surface area contributed by atoms with Gasteiger partial charge < -0.3 is 10.1 Å². The molecule has 2 atom stereocenters. The van der Waals surface area contributed by atoms with Crippen molar-refractivity contribution in [3.05, 3.63) is 0 Å². The molecular formula is C11H23NO. The molecule has 2 heteroatoms. The highest BCUT2D eigenvalue weighted by atomic mass is 16.5. The van der Waals surface area contributed by atoms with Crippen LogP contribution < -0.4 is 5.32 Å². The lowest BCUT2D eigenvalue weighted by Gasteiger charge is -2.29. The predicted molar refractivity (Wildman–Crippen MR) is 55.9 cm³/mol. The van der Waals surface area contributed by atoms with Crippen LogP contribution >= 0.6 is 0 Å². The first-order chi connectivity index (χ1) is 6.34. The van der Waals surface area contributed by atoms with Gasteiger partial charge in [-0.1, -0.05) is 26.7 Å². The summed E-state index contributed by atoms with van der Waals surface area (Å²) in [6.07, 6.45) is 5.53. The second kappa shape index (κ2) is 6.39. The number of ether oxygens (including phenoxy) is 1. The molecule has 1 saturated heterocycles. The van der Waals surface area contributed by atoms with Crippen molar-refractivity contribution in [2.45, 2.75) is 45.6 Å². The fourth-order valence-corrected chi connectivity index (χ4v) is 1.77. The van der Waals surface area contributed by atoms with Crippen LogP contribution in [0.15, 0.2) is 0 Å². The number of piperidine rings is 1. The average molecular weight is 185 g/mol. The molecule has 78 valence electrons. The number of rotatable bonds is 5. The van der Waals surface area contributed by atoms with E-state index in [1.54, 1.807) is 0 Å². The van der Waals surface area contributed by atoms with Crippen LogP contribution in [0.1, 0.15) is 39.5 Å². The average Bonchev–Trinajstić information content (AvgIpc) is 2.15. The summed E-state index contributed by atoms with van der Waals surface area (Å²) in [5.41, 5.74) is 0. The summed E-state index contributed by atoms with van der Waals surface area (Å²) in [6, 6.07) is 0. The minimum absolute atomic E-state index is 0.464. The van der Waals surface area contributed by atoms with Crippen molar-refractivity contribution >= 4 is 0 Å². The van der Waals surface area contributed by atoms with Gasteiger partial charge in [0.2, 0.25) is 0 Å². The molecule has 13 heavy (non-hydrogen) atoms. The van der Waals surface area contributed by atoms with Gasteiger partial charge in [0, 0.05) is 13.2 Å². The first-order valence-corrected chi connectivity index (χ1v) is 5.67. The first-order valence-electron chi connectivity index (χ1n) is 5.67. The molecule has 1 aliphatic heterocycles. The Bertz CT molecular complexity index is 127. The Morgan fingerprint density at radius 3 is 2.92 bits per heavy atom. The third kappa shape index (κ3) is 4.10. The molecule has 0 amide bonds. The van der Waals surface area contributed by atoms with Crippen molar-refractivity contribution in [3.8, 4) is 0 Å². The monoisotopic (exact) mass is 185 g/mol. The smallest absolute Gasteiger partial charge is 0.0725 e. The van der Waals surface area contributed by atoms with Gasteiger partial charge in [-0.05, 0) is 25.3 Å². The summed E-state index contributed by atoms with van der Waals surface area (Å²) in [7, 11) is 0. The lowest BCUT2D eigenvalue weighted by Crippen LogP contribution is -2.41. The van der Waals surface area contributed by atoms with Crippen LogP contribution in [0.2, 0.25) is 0 Å². The van der Waals surface area contributed by atoms with Gasteiger partial charge in [-0.3, -0.25) is 0 Å². The summed E-state index contributed by atoms with van der Waals surface area (Å²) in [5.74, 6) is 0.739. The summed E-state index contributed by atoms with van der Waals surface area (Å²) in [5, 5.41) is 3.38. The summed E-state index contributed by atoms with van der Waals surface area (Å²) < 4.78 is 5.83. The number of hydrogen-bond acceptors (Lipinski definition) is 2. The molecular weight excluding hydrogens is 162 g/mol. The Hall–Kier alpha value is -0.0800. The highest BCUT2D eigenvalue weighted by Gasteiger charge is 2.20. The van der Waals surface area contributed by atoms with Crippen molar-refractivity contribution in [3.63, 3.8) is 0 Å². The van der Waals surface area contributed by atoms with Crippen LogP contribution in [0.25, 0.3) is 0 Å². The quantitative estimate of drug-likeness (QED) is 0.663. The second-order valence-corrected chi connectivity index (χ2v) is 4.09. The number of nitrogens with one attached hydrogen (secondary N) is 1. The molecule has 1 N–H and O–H groups in total. The maximum Gasteiger partial charge on any atom is 0.0725 e. The highest BCUT2D eigenvalue weighted by Crippen LogP contribution is 2.15. The largest absolute Gasteiger partial charge is 0.377 e. The van der Waals surface area contributed by atoms with Gasteiger partial charge in [-0.15, -0.1) is 0 Å². The van der Waals surface area contributed by atoms with Crippen LogP contribution in [0.5, 0.6) is 0 Å². The number of hydrogen-bond donors (Lipinski definition) is 1. The van der Waals surface area contributed by atoms with E-state index in [4.69, 9.17) is 4.74 Å². The molecule has 0 spiro atoms. The van der Waals surface area contributed by atoms with Crippen molar-refractivity contribution in [2.24, 2.45) is 5.92 Å². The minimum Gasteiger partial charge on any atom is -0.377 e. The normalized spacial score (nSPS) is 29.1. The second-order valence-electron chi connectivity index (χ2n) is 4.09. The summed E-state index contributed by atoms with van der Waals surface area (Å²) in [6.45, 7) is 7.68. The third-order valence-electron chi connectivity index (χ3n) is 2.84. The van der Waals surface area contributed by atoms with Crippen molar-refractivity contribution in [1.82, 2.24) is 5.32 Å². The molecule has 1 rings (SSSR count). The van der Waals surface area contributed by atoms with E-state index < -0.39 is 0 Å². The lowest BCUT2D eigenvalue weighted by atomic mass is 9.97. The molecule has 0 aromatic heterocycles. The Morgan fingerprint density at radius 2 is 2.23 bits per heavy atom. The minimum atomic E-state index is 0.464. The first kappa shape index (κ1) is 11.0. The van der Waals surface area contributed by atoms with Crippen molar-refractivity contribution in [1.29, 1.82) is 0 Å². The predicted octanol–water partition coefficient (Wildman–Crippen LogP) is 2.19. The van der Waals surface area contributed by atoms with Crippen LogP contribution in [0.3, 0.4) is 0 Å². The van der Waals surface area contributed by atoms with Crippen LogP contribution in [-0.4, -0.2) is 25.8 Å². The van der Waals surface area contributed by atoms with Gasteiger partial charge in [0.1, 0.15) is 0 Å². The zero-order chi connectivity index (χ0) is 9.52. The van der Waals surface area contributed by atoms with E-state index in [1.807, 2.05) is 0 Å². The van der Waals surface area contributed by atoms with Crippen molar-refractivity contribution in [2.75, 3.05) is 19.7 Å². The Kier molecular flexibility index (Phi) is 5.40. The molecule has 0 saturated carbocycles. The maximum absolute atomic E-state index is 5.83. The standard InChI is InChI=1S/C11H23NO/c1-3-4-5-8-13-11-9-12-7-6-10(11)2/h10-12H,3-9H2,1-2H3. The van der Waals surface area contributed by atoms with Gasteiger partial charge in [0.05, 0.1) is 6.10 Å². The fourth-order valence-electron chi connectivity index (χ4n) is 1.77. The Labute approximate surface area is 82.0 Å². The molecule has 0 radical (unpaired) electrons. The highest BCUT2D eigenvalue weighted by molar-refractivity contribution is 4.75. The molecule has 0 aromatic carbocycles. The van der Waals surface area contributed by atoms with Gasteiger partial charge in [-0.25, -0.2) is 0 Å². The van der Waals surface area contributed by atoms with E-state index in [9.17, 15) is 0 Å². The SMILES string of the molecule is CCCCCOC1CNCCC1C.